The summed E-state index contributed by atoms with van der Waals surface area (Å²) >= 11 is 0. The van der Waals surface area contributed by atoms with E-state index in [0.717, 1.165) is 24.3 Å². The van der Waals surface area contributed by atoms with Crippen LogP contribution in [0, 0.1) is 10.1 Å². The van der Waals surface area contributed by atoms with Crippen molar-refractivity contribution in [1.82, 2.24) is 0 Å². The smallest absolute Gasteiger partial charge is 0.428 e. The van der Waals surface area contributed by atoms with Gasteiger partial charge in [-0.2, -0.15) is 13.2 Å². The van der Waals surface area contributed by atoms with Crippen molar-refractivity contribution in [2.45, 2.75) is 18.2 Å². The van der Waals surface area contributed by atoms with Crippen molar-refractivity contribution < 1.29 is 37.5 Å². The number of carbonyl (C=O) groups excluding carboxylic acids is 2. The lowest BCUT2D eigenvalue weighted by atomic mass is 9.93. The quantitative estimate of drug-likeness (QED) is 0.382. The number of halogens is 3. The summed E-state index contributed by atoms with van der Waals surface area (Å²) < 4.78 is 42.3. The molecule has 0 aliphatic heterocycles. The summed E-state index contributed by atoms with van der Waals surface area (Å²) in [7, 11) is 0.634. The summed E-state index contributed by atoms with van der Waals surface area (Å²) in [4.78, 5) is 32.6. The summed E-state index contributed by atoms with van der Waals surface area (Å²) in [6, 6.07) is 3.68. The molecule has 0 saturated heterocycles. The molecule has 0 fully saturated rings. The number of ketones is 1. The van der Waals surface area contributed by atoms with Gasteiger partial charge in [0.15, 0.2) is 5.78 Å². The molecule has 0 unspecified atom stereocenters. The van der Waals surface area contributed by atoms with Crippen LogP contribution in [0.15, 0.2) is 24.3 Å². The van der Waals surface area contributed by atoms with Crippen molar-refractivity contribution in [1.29, 1.82) is 0 Å². The summed E-state index contributed by atoms with van der Waals surface area (Å²) in [5, 5.41) is 19.9. The Balaban J connectivity index is 3.06. The predicted octanol–water partition coefficient (Wildman–Crippen LogP) is 1.63. The second-order valence-electron chi connectivity index (χ2n) is 4.25. The number of Topliss-reactive ketones (excluding diaryl/α,β-unsaturated/α-hetero) is 1. The topological polar surface area (TPSA) is 107 Å². The number of aliphatic hydroxyl groups is 1. The highest BCUT2D eigenvalue weighted by Crippen LogP contribution is 2.35. The minimum atomic E-state index is -5.42. The van der Waals surface area contributed by atoms with Crippen molar-refractivity contribution in [2.75, 3.05) is 7.11 Å². The van der Waals surface area contributed by atoms with Gasteiger partial charge in [-0.05, 0) is 12.1 Å². The maximum atomic E-state index is 12.8. The molecule has 0 spiro atoms. The van der Waals surface area contributed by atoms with Crippen molar-refractivity contribution in [3.63, 3.8) is 0 Å². The fraction of sp³-hybridized carbons (Fsp3) is 0.333. The first-order valence-electron chi connectivity index (χ1n) is 5.68. The fourth-order valence-corrected chi connectivity index (χ4v) is 1.56. The Morgan fingerprint density at radius 3 is 2.14 bits per heavy atom. The zero-order valence-electron chi connectivity index (χ0n) is 11.1. The number of nitro groups is 1. The minimum Gasteiger partial charge on any atom is -0.467 e. The average molecular weight is 321 g/mol. The molecular weight excluding hydrogens is 311 g/mol. The van der Waals surface area contributed by atoms with Gasteiger partial charge in [-0.25, -0.2) is 4.79 Å². The van der Waals surface area contributed by atoms with Gasteiger partial charge in [-0.15, -0.1) is 0 Å². The van der Waals surface area contributed by atoms with Crippen LogP contribution >= 0.6 is 0 Å². The third-order valence-electron chi connectivity index (χ3n) is 2.81. The van der Waals surface area contributed by atoms with Crippen LogP contribution in [-0.2, 0) is 9.53 Å². The van der Waals surface area contributed by atoms with Crippen molar-refractivity contribution in [3.8, 4) is 0 Å². The molecule has 0 bridgehead atoms. The van der Waals surface area contributed by atoms with E-state index in [4.69, 9.17) is 0 Å². The highest BCUT2D eigenvalue weighted by molar-refractivity contribution is 6.00. The highest BCUT2D eigenvalue weighted by Gasteiger charge is 2.61. The third kappa shape index (κ3) is 3.39. The standard InChI is InChI=1S/C12H10F3NO6/c1-22-10(18)11(19,12(13,14)15)6-9(17)7-2-4-8(5-3-7)16(20)21/h2-5,19H,6H2,1H3/t11-/m1/s1. The molecule has 1 aromatic rings. The largest absolute Gasteiger partial charge is 0.467 e. The van der Waals surface area contributed by atoms with E-state index in [9.17, 15) is 38.0 Å². The van der Waals surface area contributed by atoms with Gasteiger partial charge in [0.25, 0.3) is 11.3 Å². The van der Waals surface area contributed by atoms with Gasteiger partial charge in [0.1, 0.15) is 0 Å². The Bertz CT molecular complexity index is 598. The molecule has 10 heteroatoms. The van der Waals surface area contributed by atoms with Crippen molar-refractivity contribution in [3.05, 3.63) is 39.9 Å². The molecule has 0 aliphatic rings. The van der Waals surface area contributed by atoms with Crippen molar-refractivity contribution in [2.24, 2.45) is 0 Å². The van der Waals surface area contributed by atoms with Gasteiger partial charge >= 0.3 is 12.1 Å². The third-order valence-corrected chi connectivity index (χ3v) is 2.81. The Morgan fingerprint density at radius 2 is 1.77 bits per heavy atom. The van der Waals surface area contributed by atoms with E-state index in [-0.39, 0.29) is 11.3 Å². The fourth-order valence-electron chi connectivity index (χ4n) is 1.56. The number of carbonyl (C=O) groups is 2. The van der Waals surface area contributed by atoms with E-state index < -0.39 is 34.9 Å². The number of non-ortho nitro benzene ring substituents is 1. The van der Waals surface area contributed by atoms with Crippen LogP contribution in [-0.4, -0.2) is 40.7 Å². The summed E-state index contributed by atoms with van der Waals surface area (Å²) in [5.74, 6) is -3.24. The highest BCUT2D eigenvalue weighted by atomic mass is 19.4. The second kappa shape index (κ2) is 6.10. The van der Waals surface area contributed by atoms with Gasteiger partial charge in [0.05, 0.1) is 18.5 Å². The molecule has 1 rings (SSSR count). The summed E-state index contributed by atoms with van der Waals surface area (Å²) in [6.45, 7) is 0. The lowest BCUT2D eigenvalue weighted by Gasteiger charge is -2.26. The van der Waals surface area contributed by atoms with E-state index >= 15 is 0 Å². The zero-order valence-corrected chi connectivity index (χ0v) is 11.1. The lowest BCUT2D eigenvalue weighted by Crippen LogP contribution is -2.54. The SMILES string of the molecule is COC(=O)[C@](O)(CC(=O)c1ccc([N+](=O)[O-])cc1)C(F)(F)F. The number of hydrogen-bond acceptors (Lipinski definition) is 6. The minimum absolute atomic E-state index is 0.322. The van der Waals surface area contributed by atoms with E-state index in [1.54, 1.807) is 0 Å². The van der Waals surface area contributed by atoms with Crippen LogP contribution in [0.3, 0.4) is 0 Å². The van der Waals surface area contributed by atoms with Crippen LogP contribution in [0.25, 0.3) is 0 Å². The van der Waals surface area contributed by atoms with E-state index in [1.807, 2.05) is 0 Å². The first-order chi connectivity index (χ1) is 10.0. The Kier molecular flexibility index (Phi) is 4.87. The predicted molar refractivity (Wildman–Crippen MR) is 65.1 cm³/mol. The number of benzene rings is 1. The Morgan fingerprint density at radius 1 is 1.27 bits per heavy atom. The molecular formula is C12H10F3NO6. The van der Waals surface area contributed by atoms with Crippen LogP contribution in [0.2, 0.25) is 0 Å². The first-order valence-corrected chi connectivity index (χ1v) is 5.68. The molecule has 0 radical (unpaired) electrons. The molecule has 0 aliphatic carbocycles. The average Bonchev–Trinajstić information content (AvgIpc) is 2.44. The molecule has 1 atom stereocenters. The van der Waals surface area contributed by atoms with Gasteiger partial charge in [0.2, 0.25) is 0 Å². The maximum Gasteiger partial charge on any atom is 0.428 e. The zero-order chi connectivity index (χ0) is 17.1. The van der Waals surface area contributed by atoms with Crippen molar-refractivity contribution >= 4 is 17.4 Å². The molecule has 0 amide bonds. The Labute approximate surface area is 121 Å². The molecule has 0 heterocycles. The summed E-state index contributed by atoms with van der Waals surface area (Å²) in [6.07, 6.45) is -7.02. The van der Waals surface area contributed by atoms with Gasteiger partial charge in [-0.1, -0.05) is 0 Å². The molecule has 1 N–H and O–H groups in total. The molecule has 1 aromatic carbocycles. The molecule has 0 aromatic heterocycles. The second-order valence-corrected chi connectivity index (χ2v) is 4.25. The molecule has 120 valence electrons. The number of ether oxygens (including phenoxy) is 1. The number of alkyl halides is 3. The summed E-state index contributed by atoms with van der Waals surface area (Å²) in [5.41, 5.74) is -4.67. The van der Waals surface area contributed by atoms with Crippen LogP contribution in [0.5, 0.6) is 0 Å². The lowest BCUT2D eigenvalue weighted by molar-refractivity contribution is -0.384. The number of nitro benzene ring substituents is 1. The van der Waals surface area contributed by atoms with Gasteiger partial charge in [0, 0.05) is 17.7 Å². The monoisotopic (exact) mass is 321 g/mol. The number of rotatable bonds is 5. The molecule has 0 saturated carbocycles. The Hall–Kier alpha value is -2.49. The van der Waals surface area contributed by atoms with E-state index in [1.165, 1.54) is 0 Å². The van der Waals surface area contributed by atoms with Crippen LogP contribution in [0.1, 0.15) is 16.8 Å². The first kappa shape index (κ1) is 17.6. The molecule has 7 nitrogen and oxygen atoms in total. The number of methoxy groups -OCH3 is 1. The van der Waals surface area contributed by atoms with Gasteiger partial charge < -0.3 is 9.84 Å². The number of hydrogen-bond donors (Lipinski definition) is 1. The number of esters is 1. The van der Waals surface area contributed by atoms with E-state index in [0.29, 0.717) is 7.11 Å². The number of nitrogens with zero attached hydrogens (tertiary/aromatic N) is 1. The van der Waals surface area contributed by atoms with Crippen LogP contribution in [0.4, 0.5) is 18.9 Å². The maximum absolute atomic E-state index is 12.8. The normalized spacial score (nSPS) is 14.0. The van der Waals surface area contributed by atoms with Gasteiger partial charge in [-0.3, -0.25) is 14.9 Å². The van der Waals surface area contributed by atoms with Crippen LogP contribution < -0.4 is 0 Å². The molecule has 22 heavy (non-hydrogen) atoms. The van der Waals surface area contributed by atoms with E-state index in [2.05, 4.69) is 4.74 Å².